The van der Waals surface area contributed by atoms with Gasteiger partial charge >= 0.3 is 0 Å². The molecule has 1 aromatic rings. The van der Waals surface area contributed by atoms with Crippen LogP contribution in [-0.2, 0) is 0 Å². The smallest absolute Gasteiger partial charge is 0.240 e. The quantitative estimate of drug-likeness (QED) is 0.869. The molecule has 1 aromatic heterocycles. The molecule has 2 atom stereocenters. The third kappa shape index (κ3) is 4.07. The first-order valence-corrected chi connectivity index (χ1v) is 6.95. The van der Waals surface area contributed by atoms with E-state index in [1.165, 1.54) is 0 Å². The van der Waals surface area contributed by atoms with Crippen molar-refractivity contribution in [2.45, 2.75) is 40.2 Å². The molecule has 0 aliphatic carbocycles. The molecular weight excluding hydrogens is 254 g/mol. The summed E-state index contributed by atoms with van der Waals surface area (Å²) in [4.78, 5) is 8.75. The average molecular weight is 281 g/mol. The first-order chi connectivity index (χ1) is 9.33. The van der Waals surface area contributed by atoms with Gasteiger partial charge in [-0.2, -0.15) is 4.98 Å². The summed E-state index contributed by atoms with van der Waals surface area (Å²) in [5, 5.41) is 3.31. The summed E-state index contributed by atoms with van der Waals surface area (Å²) in [6.07, 6.45) is 2.60. The minimum absolute atomic E-state index is 0.109. The van der Waals surface area contributed by atoms with Gasteiger partial charge in [-0.05, 0) is 24.8 Å². The van der Waals surface area contributed by atoms with Crippen LogP contribution in [0.15, 0.2) is 6.20 Å². The van der Waals surface area contributed by atoms with E-state index < -0.39 is 0 Å². The van der Waals surface area contributed by atoms with Gasteiger partial charge in [0.15, 0.2) is 0 Å². The monoisotopic (exact) mass is 281 g/mol. The van der Waals surface area contributed by atoms with E-state index in [1.807, 2.05) is 7.05 Å². The summed E-state index contributed by atoms with van der Waals surface area (Å²) in [6, 6.07) is 0.109. The fourth-order valence-electron chi connectivity index (χ4n) is 1.93. The molecule has 1 N–H and O–H groups in total. The molecule has 0 fully saturated rings. The Kier molecular flexibility index (Phi) is 5.74. The zero-order valence-corrected chi connectivity index (χ0v) is 13.7. The number of aromatic nitrogens is 2. The van der Waals surface area contributed by atoms with Crippen LogP contribution in [0.3, 0.4) is 0 Å². The minimum Gasteiger partial charge on any atom is -0.480 e. The molecule has 0 saturated carbocycles. The average Bonchev–Trinajstić information content (AvgIpc) is 2.42. The normalized spacial score (nSPS) is 14.8. The lowest BCUT2D eigenvalue weighted by Crippen LogP contribution is -2.26. The second-order valence-electron chi connectivity index (χ2n) is 6.15. The fraction of sp³-hybridized carbons (Fsp3) is 0.733. The van der Waals surface area contributed by atoms with Crippen LogP contribution < -0.4 is 14.8 Å². The van der Waals surface area contributed by atoms with E-state index in [2.05, 4.69) is 43.0 Å². The van der Waals surface area contributed by atoms with Crippen molar-refractivity contribution in [3.63, 3.8) is 0 Å². The van der Waals surface area contributed by atoms with Gasteiger partial charge in [0.05, 0.1) is 26.5 Å². The van der Waals surface area contributed by atoms with Gasteiger partial charge in [-0.15, -0.1) is 0 Å². The number of nitrogens with one attached hydrogen (secondary N) is 1. The zero-order valence-electron chi connectivity index (χ0n) is 13.7. The molecule has 20 heavy (non-hydrogen) atoms. The summed E-state index contributed by atoms with van der Waals surface area (Å²) in [6.45, 7) is 9.01. The summed E-state index contributed by atoms with van der Waals surface area (Å²) < 4.78 is 10.4. The first kappa shape index (κ1) is 16.7. The molecule has 0 aromatic carbocycles. The predicted molar refractivity (Wildman–Crippen MR) is 80.2 cm³/mol. The first-order valence-electron chi connectivity index (χ1n) is 6.95. The second kappa shape index (κ2) is 6.88. The third-order valence-electron chi connectivity index (χ3n) is 3.89. The van der Waals surface area contributed by atoms with Crippen LogP contribution in [0.25, 0.3) is 0 Å². The van der Waals surface area contributed by atoms with Crippen molar-refractivity contribution < 1.29 is 9.47 Å². The number of hydrogen-bond acceptors (Lipinski definition) is 5. The summed E-state index contributed by atoms with van der Waals surface area (Å²) in [5.74, 6) is 1.52. The third-order valence-corrected chi connectivity index (χ3v) is 3.89. The molecule has 5 heteroatoms. The van der Waals surface area contributed by atoms with Crippen LogP contribution in [0.4, 0.5) is 0 Å². The maximum absolute atomic E-state index is 5.34. The Morgan fingerprint density at radius 1 is 1.25 bits per heavy atom. The molecule has 114 valence electrons. The van der Waals surface area contributed by atoms with Gasteiger partial charge in [-0.3, -0.25) is 0 Å². The topological polar surface area (TPSA) is 56.3 Å². The highest BCUT2D eigenvalue weighted by atomic mass is 16.5. The Labute approximate surface area is 122 Å². The number of methoxy groups -OCH3 is 2. The molecule has 0 spiro atoms. The molecule has 0 bridgehead atoms. The zero-order chi connectivity index (χ0) is 15.3. The highest BCUT2D eigenvalue weighted by molar-refractivity contribution is 5.25. The second-order valence-corrected chi connectivity index (χ2v) is 6.15. The van der Waals surface area contributed by atoms with Crippen molar-refractivity contribution >= 4 is 0 Å². The summed E-state index contributed by atoms with van der Waals surface area (Å²) >= 11 is 0. The van der Waals surface area contributed by atoms with Crippen LogP contribution in [0, 0.1) is 11.3 Å². The van der Waals surface area contributed by atoms with Gasteiger partial charge in [0.25, 0.3) is 0 Å². The predicted octanol–water partition coefficient (Wildman–Crippen LogP) is 2.83. The molecule has 0 aliphatic heterocycles. The summed E-state index contributed by atoms with van der Waals surface area (Å²) in [7, 11) is 5.11. The van der Waals surface area contributed by atoms with E-state index >= 15 is 0 Å². The molecular formula is C15H27N3O2. The molecule has 0 aliphatic rings. The van der Waals surface area contributed by atoms with Gasteiger partial charge in [0, 0.05) is 0 Å². The van der Waals surface area contributed by atoms with E-state index in [4.69, 9.17) is 9.47 Å². The molecule has 0 radical (unpaired) electrons. The van der Waals surface area contributed by atoms with Gasteiger partial charge in [0.1, 0.15) is 5.69 Å². The van der Waals surface area contributed by atoms with E-state index in [0.29, 0.717) is 17.7 Å². The van der Waals surface area contributed by atoms with Crippen molar-refractivity contribution in [1.82, 2.24) is 15.3 Å². The Bertz CT molecular complexity index is 430. The maximum Gasteiger partial charge on any atom is 0.240 e. The van der Waals surface area contributed by atoms with E-state index in [9.17, 15) is 0 Å². The van der Waals surface area contributed by atoms with Crippen LogP contribution in [0.5, 0.6) is 11.8 Å². The van der Waals surface area contributed by atoms with Crippen LogP contribution in [0.1, 0.15) is 45.9 Å². The lowest BCUT2D eigenvalue weighted by atomic mass is 9.78. The lowest BCUT2D eigenvalue weighted by Gasteiger charge is -2.30. The molecule has 5 nitrogen and oxygen atoms in total. The highest BCUT2D eigenvalue weighted by Gasteiger charge is 2.26. The van der Waals surface area contributed by atoms with Gasteiger partial charge in [0.2, 0.25) is 11.8 Å². The Morgan fingerprint density at radius 2 is 1.90 bits per heavy atom. The van der Waals surface area contributed by atoms with Gasteiger partial charge < -0.3 is 14.8 Å². The van der Waals surface area contributed by atoms with Crippen LogP contribution in [-0.4, -0.2) is 31.2 Å². The standard InChI is InChI=1S/C15H27N3O2/c1-10(15(2,3)4)8-11(16-5)13-14(20-7)18-12(19-6)9-17-13/h9-11,16H,8H2,1-7H3. The maximum atomic E-state index is 5.34. The Hall–Kier alpha value is -1.36. The number of hydrogen-bond donors (Lipinski definition) is 1. The SMILES string of the molecule is CNC(CC(C)C(C)(C)C)c1ncc(OC)nc1OC. The number of ether oxygens (including phenoxy) is 2. The van der Waals surface area contributed by atoms with Crippen molar-refractivity contribution in [1.29, 1.82) is 0 Å². The lowest BCUT2D eigenvalue weighted by molar-refractivity contribution is 0.222. The molecule has 1 heterocycles. The molecule has 0 amide bonds. The Morgan fingerprint density at radius 3 is 2.35 bits per heavy atom. The van der Waals surface area contributed by atoms with Crippen molar-refractivity contribution in [2.24, 2.45) is 11.3 Å². The van der Waals surface area contributed by atoms with Crippen LogP contribution >= 0.6 is 0 Å². The van der Waals surface area contributed by atoms with E-state index in [1.54, 1.807) is 20.4 Å². The van der Waals surface area contributed by atoms with E-state index in [0.717, 1.165) is 12.1 Å². The highest BCUT2D eigenvalue weighted by Crippen LogP contribution is 2.34. The van der Waals surface area contributed by atoms with Crippen molar-refractivity contribution in [3.8, 4) is 11.8 Å². The van der Waals surface area contributed by atoms with Gasteiger partial charge in [-0.1, -0.05) is 27.7 Å². The molecule has 0 saturated heterocycles. The molecule has 2 unspecified atom stereocenters. The van der Waals surface area contributed by atoms with Gasteiger partial charge in [-0.25, -0.2) is 4.98 Å². The van der Waals surface area contributed by atoms with Crippen LogP contribution in [0.2, 0.25) is 0 Å². The van der Waals surface area contributed by atoms with E-state index in [-0.39, 0.29) is 11.5 Å². The number of rotatable bonds is 6. The Balaban J connectivity index is 3.00. The van der Waals surface area contributed by atoms with Crippen molar-refractivity contribution in [3.05, 3.63) is 11.9 Å². The molecule has 1 rings (SSSR count). The van der Waals surface area contributed by atoms with Crippen molar-refractivity contribution in [2.75, 3.05) is 21.3 Å². The fourth-order valence-corrected chi connectivity index (χ4v) is 1.93. The minimum atomic E-state index is 0.109. The number of nitrogens with zero attached hydrogens (tertiary/aromatic N) is 2. The summed E-state index contributed by atoms with van der Waals surface area (Å²) in [5.41, 5.74) is 1.08. The largest absolute Gasteiger partial charge is 0.480 e.